The molecule has 0 bridgehead atoms. The summed E-state index contributed by atoms with van der Waals surface area (Å²) in [4.78, 5) is 25.8. The van der Waals surface area contributed by atoms with E-state index in [-0.39, 0.29) is 24.8 Å². The van der Waals surface area contributed by atoms with E-state index in [9.17, 15) is 9.59 Å². The largest absolute Gasteiger partial charge is 0.427 e. The van der Waals surface area contributed by atoms with Crippen LogP contribution in [0.5, 0.6) is 11.5 Å². The van der Waals surface area contributed by atoms with Gasteiger partial charge in [0.2, 0.25) is 0 Å². The Bertz CT molecular complexity index is 635. The van der Waals surface area contributed by atoms with Gasteiger partial charge in [0, 0.05) is 22.6 Å². The minimum Gasteiger partial charge on any atom is -0.427 e. The number of rotatable bonds is 8. The highest BCUT2D eigenvalue weighted by Crippen LogP contribution is 2.20. The second-order valence-corrected chi connectivity index (χ2v) is 6.91. The van der Waals surface area contributed by atoms with Crippen molar-refractivity contribution in [3.8, 4) is 11.5 Å². The molecular weight excluding hydrogens is 356 g/mol. The van der Waals surface area contributed by atoms with Gasteiger partial charge >= 0.3 is 11.9 Å². The summed E-state index contributed by atoms with van der Waals surface area (Å²) in [5, 5.41) is 0. The predicted molar refractivity (Wildman–Crippen MR) is 102 cm³/mol. The first kappa shape index (κ1) is 19.4. The Labute approximate surface area is 156 Å². The molecule has 0 aliphatic heterocycles. The molecule has 0 saturated heterocycles. The maximum atomic E-state index is 11.8. The van der Waals surface area contributed by atoms with Crippen molar-refractivity contribution < 1.29 is 19.1 Å². The van der Waals surface area contributed by atoms with Gasteiger partial charge in [-0.3, -0.25) is 9.59 Å². The van der Waals surface area contributed by atoms with Crippen molar-refractivity contribution >= 4 is 35.5 Å². The monoisotopic (exact) mass is 376 g/mol. The van der Waals surface area contributed by atoms with Gasteiger partial charge in [0.1, 0.15) is 11.5 Å². The van der Waals surface area contributed by atoms with Gasteiger partial charge in [-0.05, 0) is 67.5 Å². The van der Waals surface area contributed by atoms with Crippen LogP contribution in [-0.4, -0.2) is 24.5 Å². The van der Waals surface area contributed by atoms with E-state index in [2.05, 4.69) is 0 Å². The third-order valence-electron chi connectivity index (χ3n) is 3.34. The lowest BCUT2D eigenvalue weighted by molar-refractivity contribution is -0.136. The number of esters is 2. The summed E-state index contributed by atoms with van der Waals surface area (Å²) in [6, 6.07) is 14.6. The lowest BCUT2D eigenvalue weighted by Gasteiger charge is -2.06. The van der Waals surface area contributed by atoms with Gasteiger partial charge in [0.05, 0.1) is 0 Å². The summed E-state index contributed by atoms with van der Waals surface area (Å²) in [5.41, 5.74) is 0. The lowest BCUT2D eigenvalue weighted by atomic mass is 10.2. The molecule has 0 saturated carbocycles. The molecule has 2 aromatic rings. The number of carbonyl (C=O) groups excluding carboxylic acids is 2. The Kier molecular flexibility index (Phi) is 7.88. The van der Waals surface area contributed by atoms with Crippen molar-refractivity contribution in [2.75, 3.05) is 12.5 Å². The highest BCUT2D eigenvalue weighted by molar-refractivity contribution is 7.98. The Morgan fingerprint density at radius 2 is 1.08 bits per heavy atom. The van der Waals surface area contributed by atoms with Crippen molar-refractivity contribution in [3.05, 3.63) is 48.5 Å². The normalized spacial score (nSPS) is 10.3. The molecule has 0 atom stereocenters. The van der Waals surface area contributed by atoms with Gasteiger partial charge in [0.25, 0.3) is 0 Å². The maximum Gasteiger partial charge on any atom is 0.311 e. The first-order valence-electron chi connectivity index (χ1n) is 7.80. The molecule has 0 radical (unpaired) electrons. The molecule has 0 aliphatic carbocycles. The quantitative estimate of drug-likeness (QED) is 0.374. The molecule has 0 spiro atoms. The highest BCUT2D eigenvalue weighted by atomic mass is 32.2. The predicted octanol–water partition coefficient (Wildman–Crippen LogP) is 4.81. The van der Waals surface area contributed by atoms with Crippen LogP contribution < -0.4 is 9.47 Å². The van der Waals surface area contributed by atoms with E-state index in [1.807, 2.05) is 36.8 Å². The third kappa shape index (κ3) is 6.84. The van der Waals surface area contributed by atoms with E-state index in [0.717, 1.165) is 9.79 Å². The number of thioether (sulfide) groups is 2. The average molecular weight is 376 g/mol. The molecule has 0 aromatic heterocycles. The summed E-state index contributed by atoms with van der Waals surface area (Å²) in [6.07, 6.45) is 4.70. The second kappa shape index (κ2) is 10.2. The molecule has 0 unspecified atom stereocenters. The summed E-state index contributed by atoms with van der Waals surface area (Å²) in [6.45, 7) is 0. The van der Waals surface area contributed by atoms with Gasteiger partial charge in [-0.25, -0.2) is 0 Å². The van der Waals surface area contributed by atoms with E-state index in [1.54, 1.807) is 47.8 Å². The number of ether oxygens (including phenoxy) is 2. The molecule has 2 aromatic carbocycles. The zero-order valence-corrected chi connectivity index (χ0v) is 15.8. The fourth-order valence-corrected chi connectivity index (χ4v) is 2.85. The zero-order valence-electron chi connectivity index (χ0n) is 14.2. The Hall–Kier alpha value is -1.92. The van der Waals surface area contributed by atoms with E-state index >= 15 is 0 Å². The van der Waals surface area contributed by atoms with Gasteiger partial charge in [-0.2, -0.15) is 0 Å². The molecule has 0 heterocycles. The summed E-state index contributed by atoms with van der Waals surface area (Å²) < 4.78 is 10.5. The van der Waals surface area contributed by atoms with Crippen molar-refractivity contribution in [2.24, 2.45) is 0 Å². The molecular formula is C19H20O4S2. The van der Waals surface area contributed by atoms with Crippen molar-refractivity contribution in [2.45, 2.75) is 29.1 Å². The SMILES string of the molecule is CSc1ccc(OC(=O)CCCC(=O)Oc2ccc(SC)cc2)cc1. The van der Waals surface area contributed by atoms with Gasteiger partial charge < -0.3 is 9.47 Å². The summed E-state index contributed by atoms with van der Waals surface area (Å²) in [5.74, 6) is 0.321. The molecule has 4 nitrogen and oxygen atoms in total. The van der Waals surface area contributed by atoms with Crippen LogP contribution in [0.1, 0.15) is 19.3 Å². The molecule has 25 heavy (non-hydrogen) atoms. The van der Waals surface area contributed by atoms with Crippen LogP contribution in [0.4, 0.5) is 0 Å². The zero-order chi connectivity index (χ0) is 18.1. The first-order chi connectivity index (χ1) is 12.1. The molecule has 0 aliphatic rings. The topological polar surface area (TPSA) is 52.6 Å². The molecule has 2 rings (SSSR count). The van der Waals surface area contributed by atoms with E-state index in [1.165, 1.54) is 0 Å². The van der Waals surface area contributed by atoms with Gasteiger partial charge in [0.15, 0.2) is 0 Å². The van der Waals surface area contributed by atoms with E-state index in [4.69, 9.17) is 9.47 Å². The summed E-state index contributed by atoms with van der Waals surface area (Å²) in [7, 11) is 0. The highest BCUT2D eigenvalue weighted by Gasteiger charge is 2.09. The smallest absolute Gasteiger partial charge is 0.311 e. The number of hydrogen-bond donors (Lipinski definition) is 0. The number of carbonyl (C=O) groups is 2. The fraction of sp³-hybridized carbons (Fsp3) is 0.263. The standard InChI is InChI=1S/C19H20O4S2/c1-24-16-10-6-14(7-11-16)22-18(20)4-3-5-19(21)23-15-8-12-17(25-2)13-9-15/h6-13H,3-5H2,1-2H3. The molecule has 0 amide bonds. The molecule has 0 fully saturated rings. The molecule has 0 N–H and O–H groups in total. The molecule has 6 heteroatoms. The fourth-order valence-electron chi connectivity index (χ4n) is 2.03. The number of hydrogen-bond acceptors (Lipinski definition) is 6. The van der Waals surface area contributed by atoms with E-state index < -0.39 is 0 Å². The van der Waals surface area contributed by atoms with Crippen molar-refractivity contribution in [1.82, 2.24) is 0 Å². The van der Waals surface area contributed by atoms with Crippen LogP contribution in [0.2, 0.25) is 0 Å². The van der Waals surface area contributed by atoms with Crippen LogP contribution in [0.3, 0.4) is 0 Å². The maximum absolute atomic E-state index is 11.8. The summed E-state index contributed by atoms with van der Waals surface area (Å²) >= 11 is 3.25. The first-order valence-corrected chi connectivity index (χ1v) is 10.2. The van der Waals surface area contributed by atoms with Crippen LogP contribution >= 0.6 is 23.5 Å². The van der Waals surface area contributed by atoms with Gasteiger partial charge in [-0.1, -0.05) is 0 Å². The van der Waals surface area contributed by atoms with Crippen LogP contribution in [-0.2, 0) is 9.59 Å². The second-order valence-electron chi connectivity index (χ2n) is 5.15. The minimum atomic E-state index is -0.353. The Morgan fingerprint density at radius 1 is 0.720 bits per heavy atom. The van der Waals surface area contributed by atoms with Crippen LogP contribution in [0, 0.1) is 0 Å². The Morgan fingerprint density at radius 3 is 1.40 bits per heavy atom. The third-order valence-corrected chi connectivity index (χ3v) is 4.83. The lowest BCUT2D eigenvalue weighted by Crippen LogP contribution is -2.11. The molecule has 132 valence electrons. The van der Waals surface area contributed by atoms with Crippen LogP contribution in [0.15, 0.2) is 58.3 Å². The van der Waals surface area contributed by atoms with Gasteiger partial charge in [-0.15, -0.1) is 23.5 Å². The average Bonchev–Trinajstić information content (AvgIpc) is 2.63. The Balaban J connectivity index is 1.69. The van der Waals surface area contributed by atoms with Crippen molar-refractivity contribution in [1.29, 1.82) is 0 Å². The number of benzene rings is 2. The van der Waals surface area contributed by atoms with E-state index in [0.29, 0.717) is 17.9 Å². The minimum absolute atomic E-state index is 0.171. The van der Waals surface area contributed by atoms with Crippen LogP contribution in [0.25, 0.3) is 0 Å². The van der Waals surface area contributed by atoms with Crippen molar-refractivity contribution in [3.63, 3.8) is 0 Å².